The highest BCUT2D eigenvalue weighted by Crippen LogP contribution is 2.49. The van der Waals surface area contributed by atoms with Gasteiger partial charge in [0.2, 0.25) is 0 Å². The highest BCUT2D eigenvalue weighted by atomic mass is 79.9. The first kappa shape index (κ1) is 79.1. The highest BCUT2D eigenvalue weighted by molar-refractivity contribution is 9.10. The molecule has 0 aliphatic heterocycles. The zero-order chi connectivity index (χ0) is 85.9. The van der Waals surface area contributed by atoms with Crippen LogP contribution in [0.3, 0.4) is 0 Å². The van der Waals surface area contributed by atoms with E-state index in [-0.39, 0.29) is 0 Å². The fourth-order valence-corrected chi connectivity index (χ4v) is 20.8. The molecule has 20 aromatic carbocycles. The van der Waals surface area contributed by atoms with Crippen molar-refractivity contribution in [1.82, 2.24) is 9.13 Å². The number of hydrogen-bond donors (Lipinski definition) is 1. The van der Waals surface area contributed by atoms with Gasteiger partial charge >= 0.3 is 0 Å². The summed E-state index contributed by atoms with van der Waals surface area (Å²) in [6.07, 6.45) is 0. The Morgan fingerprint density at radius 1 is 0.178 bits per heavy atom. The Labute approximate surface area is 766 Å². The second-order valence-corrected chi connectivity index (χ2v) is 35.3. The number of benzene rings is 20. The van der Waals surface area contributed by atoms with Crippen molar-refractivity contribution < 1.29 is 0 Å². The average Bonchev–Trinajstić information content (AvgIpc) is 1.59. The van der Waals surface area contributed by atoms with Gasteiger partial charge in [-0.05, 0) is 251 Å². The lowest BCUT2D eigenvalue weighted by Crippen LogP contribution is -2.13. The molecule has 0 amide bonds. The maximum atomic E-state index is 3.86. The fourth-order valence-electron chi connectivity index (χ4n) is 18.2. The molecule has 4 heterocycles. The van der Waals surface area contributed by atoms with E-state index in [4.69, 9.17) is 0 Å². The summed E-state index contributed by atoms with van der Waals surface area (Å²) in [6.45, 7) is 0. The van der Waals surface area contributed by atoms with Crippen LogP contribution in [0.1, 0.15) is 0 Å². The Bertz CT molecular complexity index is 8130. The van der Waals surface area contributed by atoms with E-state index in [2.05, 4.69) is 524 Å². The molecule has 0 saturated heterocycles. The van der Waals surface area contributed by atoms with Gasteiger partial charge in [-0.2, -0.15) is 0 Å². The molecule has 0 spiro atoms. The van der Waals surface area contributed by atoms with Crippen molar-refractivity contribution >= 4 is 185 Å². The molecule has 4 aromatic heterocycles. The van der Waals surface area contributed by atoms with Crippen LogP contribution in [0.4, 0.5) is 62.6 Å². The number of fused-ring (bicyclic) bond motifs is 12. The molecule has 9 heteroatoms. The number of nitrogens with one attached hydrogen (secondary N) is 1. The summed E-state index contributed by atoms with van der Waals surface area (Å²) < 4.78 is 11.1. The number of nitrogens with zero attached hydrogens (tertiary/aromatic N) is 5. The van der Waals surface area contributed by atoms with E-state index in [9.17, 15) is 0 Å². The lowest BCUT2D eigenvalue weighted by molar-refractivity contribution is 1.18. The molecular weight excluding hydrogens is 1670 g/mol. The Morgan fingerprint density at radius 3 is 0.953 bits per heavy atom. The zero-order valence-corrected chi connectivity index (χ0v) is 73.5. The summed E-state index contributed by atoms with van der Waals surface area (Å²) in [5.41, 5.74) is 28.4. The molecule has 0 bridgehead atoms. The topological polar surface area (TPSA) is 31.6 Å². The van der Waals surface area contributed by atoms with Crippen LogP contribution in [-0.2, 0) is 0 Å². The van der Waals surface area contributed by atoms with Gasteiger partial charge in [-0.1, -0.05) is 307 Å². The second kappa shape index (κ2) is 35.3. The molecule has 6 nitrogen and oxygen atoms in total. The molecule has 0 aliphatic rings. The van der Waals surface area contributed by atoms with Crippen molar-refractivity contribution in [1.29, 1.82) is 0 Å². The van der Waals surface area contributed by atoms with Gasteiger partial charge in [0.25, 0.3) is 0 Å². The Hall–Kier alpha value is -15.9. The molecule has 1 N–H and O–H groups in total. The van der Waals surface area contributed by atoms with E-state index in [1.807, 2.05) is 40.9 Å². The molecule has 24 rings (SSSR count). The average molecular weight is 1750 g/mol. The van der Waals surface area contributed by atoms with Crippen molar-refractivity contribution in [2.45, 2.75) is 0 Å². The number of rotatable bonds is 17. The van der Waals surface area contributed by atoms with Gasteiger partial charge in [-0.15, -0.1) is 22.7 Å². The smallest absolute Gasteiger partial charge is 0.0547 e. The molecule has 0 radical (unpaired) electrons. The third-order valence-corrected chi connectivity index (χ3v) is 26.9. The third-order valence-electron chi connectivity index (χ3n) is 24.2. The van der Waals surface area contributed by atoms with E-state index in [1.54, 1.807) is 0 Å². The molecule has 0 unspecified atom stereocenters. The van der Waals surface area contributed by atoms with Gasteiger partial charge in [-0.3, -0.25) is 0 Å². The monoisotopic (exact) mass is 1750 g/mol. The van der Waals surface area contributed by atoms with E-state index in [0.717, 1.165) is 101 Å². The molecule has 612 valence electrons. The first-order chi connectivity index (χ1) is 63.9. The molecule has 129 heavy (non-hydrogen) atoms. The van der Waals surface area contributed by atoms with Gasteiger partial charge < -0.3 is 29.2 Å². The summed E-state index contributed by atoms with van der Waals surface area (Å²) in [7, 11) is 0. The summed E-state index contributed by atoms with van der Waals surface area (Å²) >= 11 is 7.56. The summed E-state index contributed by atoms with van der Waals surface area (Å²) in [4.78, 5) is 7.13. The van der Waals surface area contributed by atoms with E-state index in [1.165, 1.54) is 106 Å². The van der Waals surface area contributed by atoms with Crippen LogP contribution in [0, 0.1) is 0 Å². The van der Waals surface area contributed by atoms with Gasteiger partial charge in [0.05, 0.1) is 22.1 Å². The van der Waals surface area contributed by atoms with E-state index in [0.29, 0.717) is 0 Å². The fraction of sp³-hybridized carbons (Fsp3) is 0. The minimum Gasteiger partial charge on any atom is -0.356 e. The summed E-state index contributed by atoms with van der Waals surface area (Å²) in [6, 6.07) is 178. The van der Waals surface area contributed by atoms with Crippen LogP contribution >= 0.6 is 38.6 Å². The van der Waals surface area contributed by atoms with Gasteiger partial charge in [0.15, 0.2) is 0 Å². The Kier molecular flexibility index (Phi) is 21.6. The normalized spacial score (nSPS) is 11.3. The molecule has 24 aromatic rings. The number of hydrogen-bond acceptors (Lipinski definition) is 6. The minimum atomic E-state index is 1.03. The maximum Gasteiger partial charge on any atom is 0.0547 e. The molecular formula is C120H83BrN6S2. The van der Waals surface area contributed by atoms with Crippen LogP contribution in [0.2, 0.25) is 0 Å². The SMILES string of the molecule is Brc1cc(-c2ccc3c4ccccc4n(-c4ccccc4)c3c2)cc(N(c2ccccc2)c2ccc(-c3ccccc3)cc2)c1.c1ccc(-c2ccc(N(c3ccccc3)c3cc(-c4ccc5c6ccccc6n(-c6ccccc6)c5c4)cc(N(c4ccccc4)c4ccc5sc6ccccc6c5c4)c3)cc2)cc1.c1ccc(Nc2ccc3sc4ccccc4c3c2)cc1. The second-order valence-electron chi connectivity index (χ2n) is 32.2. The van der Waals surface area contributed by atoms with Crippen molar-refractivity contribution in [3.8, 4) is 55.9 Å². The lowest BCUT2D eigenvalue weighted by Gasteiger charge is -2.30. The van der Waals surface area contributed by atoms with Gasteiger partial charge in [0, 0.05) is 140 Å². The van der Waals surface area contributed by atoms with Gasteiger partial charge in [-0.25, -0.2) is 0 Å². The van der Waals surface area contributed by atoms with Gasteiger partial charge in [0.1, 0.15) is 0 Å². The van der Waals surface area contributed by atoms with Crippen LogP contribution in [0.15, 0.2) is 502 Å². The predicted molar refractivity (Wildman–Crippen MR) is 557 cm³/mol. The molecule has 0 saturated carbocycles. The first-order valence-corrected chi connectivity index (χ1v) is 45.9. The quantitative estimate of drug-likeness (QED) is 0.0985. The van der Waals surface area contributed by atoms with Crippen molar-refractivity contribution in [3.63, 3.8) is 0 Å². The molecule has 0 fully saturated rings. The number of halogens is 1. The highest BCUT2D eigenvalue weighted by Gasteiger charge is 2.24. The molecule has 0 atom stereocenters. The predicted octanol–water partition coefficient (Wildman–Crippen LogP) is 35.6. The Balaban J connectivity index is 0.000000129. The number of aromatic nitrogens is 2. The zero-order valence-electron chi connectivity index (χ0n) is 70.3. The Morgan fingerprint density at radius 2 is 0.496 bits per heavy atom. The third kappa shape index (κ3) is 15.9. The standard InChI is InChI=1S/C60H41N3S.C42H29BrN2.C18H13NS/c1-5-17-42(18-6-1)43-29-32-49(33-30-43)61(46-19-7-2-8-20-46)51-37-45(44-31-35-54-53-25-13-15-27-57(53)63(58(54)39-44)48-23-11-4-12-24-48)38-52(40-51)62(47-21-9-3-10-22-47)50-34-36-60-56(41-50)55-26-14-16-28-59(55)64-60;43-34-26-33(32-22-25-40-39-18-10-11-19-41(39)45(42(40)28-32)36-16-8-3-9-17-36)27-38(29-34)44(35-14-6-2-7-15-35)37-23-20-31(21-24-37)30-12-4-1-5-13-30;1-2-6-13(7-3-1)19-14-10-11-18-16(12-14)15-8-4-5-9-17(15)20-18/h1-41H;1-29H;1-12,19H. The van der Waals surface area contributed by atoms with Crippen LogP contribution < -0.4 is 20.0 Å². The number of thiophene rings is 2. The van der Waals surface area contributed by atoms with Crippen LogP contribution in [0.5, 0.6) is 0 Å². The minimum absolute atomic E-state index is 1.03. The van der Waals surface area contributed by atoms with E-state index >= 15 is 0 Å². The van der Waals surface area contributed by atoms with Crippen LogP contribution in [-0.4, -0.2) is 9.13 Å². The van der Waals surface area contributed by atoms with Crippen LogP contribution in [0.25, 0.3) is 140 Å². The van der Waals surface area contributed by atoms with Crippen molar-refractivity contribution in [2.24, 2.45) is 0 Å². The number of anilines is 11. The first-order valence-electron chi connectivity index (χ1n) is 43.5. The summed E-state index contributed by atoms with van der Waals surface area (Å²) in [5, 5.41) is 13.6. The molecule has 0 aliphatic carbocycles. The largest absolute Gasteiger partial charge is 0.356 e. The lowest BCUT2D eigenvalue weighted by atomic mass is 10.00. The summed E-state index contributed by atoms with van der Waals surface area (Å²) in [5.74, 6) is 0. The van der Waals surface area contributed by atoms with Crippen molar-refractivity contribution in [2.75, 3.05) is 20.0 Å². The van der Waals surface area contributed by atoms with E-state index < -0.39 is 0 Å². The maximum absolute atomic E-state index is 3.86. The number of para-hydroxylation sites is 8. The van der Waals surface area contributed by atoms with Crippen molar-refractivity contribution in [3.05, 3.63) is 502 Å².